The van der Waals surface area contributed by atoms with Gasteiger partial charge in [-0.15, -0.1) is 5.10 Å². The molecule has 0 unspecified atom stereocenters. The van der Waals surface area contributed by atoms with E-state index in [-0.39, 0.29) is 11.4 Å². The van der Waals surface area contributed by atoms with E-state index >= 15 is 0 Å². The maximum Gasteiger partial charge on any atom is 0.282 e. The largest absolute Gasteiger partial charge is 0.496 e. The summed E-state index contributed by atoms with van der Waals surface area (Å²) in [6.45, 7) is 0. The predicted octanol–water partition coefficient (Wildman–Crippen LogP) is 1.30. The van der Waals surface area contributed by atoms with Gasteiger partial charge in [-0.25, -0.2) is 4.39 Å². The number of carbonyl (C=O) groups is 1. The zero-order valence-corrected chi connectivity index (χ0v) is 9.05. The molecule has 0 fully saturated rings. The molecule has 0 radical (unpaired) electrons. The number of halogens is 1. The SMILES string of the molecule is COc1ccccc1C(=O)n1cc(F)c(N)n1. The minimum atomic E-state index is -0.728. The molecule has 1 heterocycles. The van der Waals surface area contributed by atoms with Crippen LogP contribution in [-0.4, -0.2) is 22.8 Å². The third kappa shape index (κ3) is 1.96. The molecule has 2 N–H and O–H groups in total. The summed E-state index contributed by atoms with van der Waals surface area (Å²) in [5, 5.41) is 3.58. The smallest absolute Gasteiger partial charge is 0.282 e. The van der Waals surface area contributed by atoms with Crippen LogP contribution in [0.3, 0.4) is 0 Å². The van der Waals surface area contributed by atoms with Crippen LogP contribution in [0.25, 0.3) is 0 Å². The van der Waals surface area contributed by atoms with E-state index in [9.17, 15) is 9.18 Å². The van der Waals surface area contributed by atoms with Crippen molar-refractivity contribution in [3.05, 3.63) is 41.8 Å². The third-order valence-corrected chi connectivity index (χ3v) is 2.24. The second-order valence-corrected chi connectivity index (χ2v) is 3.31. The molecular formula is C11H10FN3O2. The molecule has 1 aromatic heterocycles. The lowest BCUT2D eigenvalue weighted by Gasteiger charge is -2.06. The van der Waals surface area contributed by atoms with Gasteiger partial charge in [0.15, 0.2) is 11.6 Å². The predicted molar refractivity (Wildman–Crippen MR) is 59.3 cm³/mol. The van der Waals surface area contributed by atoms with Crippen molar-refractivity contribution < 1.29 is 13.9 Å². The van der Waals surface area contributed by atoms with Gasteiger partial charge in [-0.2, -0.15) is 4.68 Å². The Labute approximate surface area is 96.6 Å². The van der Waals surface area contributed by atoms with Crippen LogP contribution in [0.2, 0.25) is 0 Å². The van der Waals surface area contributed by atoms with E-state index in [1.54, 1.807) is 24.3 Å². The minimum Gasteiger partial charge on any atom is -0.496 e. The summed E-state index contributed by atoms with van der Waals surface area (Å²) in [6, 6.07) is 6.61. The van der Waals surface area contributed by atoms with E-state index in [1.807, 2.05) is 0 Å². The fourth-order valence-electron chi connectivity index (χ4n) is 1.41. The number of hydrogen-bond donors (Lipinski definition) is 1. The molecule has 0 aliphatic rings. The first kappa shape index (κ1) is 11.1. The molecule has 0 atom stereocenters. The number of methoxy groups -OCH3 is 1. The van der Waals surface area contributed by atoms with Gasteiger partial charge in [0, 0.05) is 0 Å². The van der Waals surface area contributed by atoms with E-state index in [0.717, 1.165) is 10.9 Å². The molecular weight excluding hydrogens is 225 g/mol. The summed E-state index contributed by atoms with van der Waals surface area (Å²) in [6.07, 6.45) is 0.935. The van der Waals surface area contributed by atoms with Crippen LogP contribution in [0.5, 0.6) is 5.75 Å². The summed E-state index contributed by atoms with van der Waals surface area (Å²) in [5.41, 5.74) is 5.53. The van der Waals surface area contributed by atoms with Gasteiger partial charge < -0.3 is 10.5 Å². The summed E-state index contributed by atoms with van der Waals surface area (Å²) >= 11 is 0. The first-order chi connectivity index (χ1) is 8.13. The Morgan fingerprint density at radius 2 is 2.18 bits per heavy atom. The molecule has 0 saturated heterocycles. The summed E-state index contributed by atoms with van der Waals surface area (Å²) < 4.78 is 18.9. The quantitative estimate of drug-likeness (QED) is 0.851. The van der Waals surface area contributed by atoms with Gasteiger partial charge in [0.05, 0.1) is 18.9 Å². The lowest BCUT2D eigenvalue weighted by molar-refractivity contribution is 0.0942. The monoisotopic (exact) mass is 235 g/mol. The van der Waals surface area contributed by atoms with E-state index in [1.165, 1.54) is 7.11 Å². The van der Waals surface area contributed by atoms with Gasteiger partial charge in [-0.05, 0) is 12.1 Å². The normalized spacial score (nSPS) is 10.2. The summed E-state index contributed by atoms with van der Waals surface area (Å²) in [7, 11) is 1.45. The number of para-hydroxylation sites is 1. The Morgan fingerprint density at radius 1 is 1.47 bits per heavy atom. The number of nitrogens with two attached hydrogens (primary N) is 1. The van der Waals surface area contributed by atoms with Crippen molar-refractivity contribution in [2.45, 2.75) is 0 Å². The number of carbonyl (C=O) groups excluding carboxylic acids is 1. The number of benzene rings is 1. The highest BCUT2D eigenvalue weighted by molar-refractivity contribution is 5.98. The van der Waals surface area contributed by atoms with E-state index in [2.05, 4.69) is 5.10 Å². The molecule has 1 aromatic carbocycles. The second kappa shape index (κ2) is 4.25. The van der Waals surface area contributed by atoms with Gasteiger partial charge >= 0.3 is 0 Å². The molecule has 0 aliphatic heterocycles. The van der Waals surface area contributed by atoms with Crippen LogP contribution in [0.15, 0.2) is 30.5 Å². The lowest BCUT2D eigenvalue weighted by Crippen LogP contribution is -2.14. The molecule has 88 valence electrons. The number of nitrogen functional groups attached to an aromatic ring is 1. The summed E-state index contributed by atoms with van der Waals surface area (Å²) in [5.74, 6) is -1.15. The van der Waals surface area contributed by atoms with Crippen LogP contribution in [0, 0.1) is 5.82 Å². The van der Waals surface area contributed by atoms with Crippen molar-refractivity contribution in [3.8, 4) is 5.75 Å². The average Bonchev–Trinajstić information content (AvgIpc) is 2.68. The van der Waals surface area contributed by atoms with Crippen molar-refractivity contribution >= 4 is 11.7 Å². The number of rotatable bonds is 2. The Kier molecular flexibility index (Phi) is 2.78. The molecule has 0 amide bonds. The van der Waals surface area contributed by atoms with Crippen molar-refractivity contribution in [2.24, 2.45) is 0 Å². The number of ether oxygens (including phenoxy) is 1. The Hall–Kier alpha value is -2.37. The fourth-order valence-corrected chi connectivity index (χ4v) is 1.41. The maximum atomic E-state index is 13.0. The molecule has 17 heavy (non-hydrogen) atoms. The van der Waals surface area contributed by atoms with Crippen LogP contribution in [0.1, 0.15) is 10.4 Å². The van der Waals surface area contributed by atoms with E-state index < -0.39 is 11.7 Å². The van der Waals surface area contributed by atoms with Crippen molar-refractivity contribution in [3.63, 3.8) is 0 Å². The standard InChI is InChI=1S/C11H10FN3O2/c1-17-9-5-3-2-4-7(9)11(16)15-6-8(12)10(13)14-15/h2-6H,1H3,(H2,13,14). The van der Waals surface area contributed by atoms with Gasteiger partial charge in [0.1, 0.15) is 5.75 Å². The molecule has 6 heteroatoms. The Bertz CT molecular complexity index is 546. The van der Waals surface area contributed by atoms with Gasteiger partial charge in [0.2, 0.25) is 0 Å². The zero-order chi connectivity index (χ0) is 12.4. The first-order valence-corrected chi connectivity index (χ1v) is 4.82. The maximum absolute atomic E-state index is 13.0. The Morgan fingerprint density at radius 3 is 2.76 bits per heavy atom. The number of hydrogen-bond acceptors (Lipinski definition) is 4. The van der Waals surface area contributed by atoms with Gasteiger partial charge in [0.25, 0.3) is 5.91 Å². The molecule has 2 aromatic rings. The number of nitrogens with zero attached hydrogens (tertiary/aromatic N) is 2. The second-order valence-electron chi connectivity index (χ2n) is 3.31. The molecule has 5 nitrogen and oxygen atoms in total. The number of aromatic nitrogens is 2. The highest BCUT2D eigenvalue weighted by Crippen LogP contribution is 2.19. The lowest BCUT2D eigenvalue weighted by atomic mass is 10.2. The van der Waals surface area contributed by atoms with Crippen molar-refractivity contribution in [1.29, 1.82) is 0 Å². The van der Waals surface area contributed by atoms with Crippen molar-refractivity contribution in [1.82, 2.24) is 9.78 Å². The van der Waals surface area contributed by atoms with Gasteiger partial charge in [-0.1, -0.05) is 12.1 Å². The molecule has 0 bridgehead atoms. The minimum absolute atomic E-state index is 0.289. The van der Waals surface area contributed by atoms with Crippen molar-refractivity contribution in [2.75, 3.05) is 12.8 Å². The van der Waals surface area contributed by atoms with E-state index in [4.69, 9.17) is 10.5 Å². The molecule has 0 aliphatic carbocycles. The van der Waals surface area contributed by atoms with Crippen LogP contribution < -0.4 is 10.5 Å². The Balaban J connectivity index is 2.43. The molecule has 0 saturated carbocycles. The highest BCUT2D eigenvalue weighted by atomic mass is 19.1. The highest BCUT2D eigenvalue weighted by Gasteiger charge is 2.16. The zero-order valence-electron chi connectivity index (χ0n) is 9.05. The summed E-state index contributed by atoms with van der Waals surface area (Å²) in [4.78, 5) is 12.0. The van der Waals surface area contributed by atoms with Crippen LogP contribution in [-0.2, 0) is 0 Å². The fraction of sp³-hybridized carbons (Fsp3) is 0.0909. The van der Waals surface area contributed by atoms with Gasteiger partial charge in [-0.3, -0.25) is 4.79 Å². The molecule has 0 spiro atoms. The topological polar surface area (TPSA) is 70.1 Å². The number of anilines is 1. The van der Waals surface area contributed by atoms with Crippen LogP contribution >= 0.6 is 0 Å². The third-order valence-electron chi connectivity index (χ3n) is 2.24. The molecule has 2 rings (SSSR count). The van der Waals surface area contributed by atoms with Crippen LogP contribution in [0.4, 0.5) is 10.2 Å². The van der Waals surface area contributed by atoms with E-state index in [0.29, 0.717) is 5.75 Å². The first-order valence-electron chi connectivity index (χ1n) is 4.82. The average molecular weight is 235 g/mol.